The normalized spacial score (nSPS) is 0. The van der Waals surface area contributed by atoms with Gasteiger partial charge in [-0.25, -0.2) is 0 Å². The summed E-state index contributed by atoms with van der Waals surface area (Å²) in [7, 11) is 0. The molecule has 0 spiro atoms. The van der Waals surface area contributed by atoms with Gasteiger partial charge in [-0.2, -0.15) is 0 Å². The summed E-state index contributed by atoms with van der Waals surface area (Å²) in [5, 5.41) is 0. The van der Waals surface area contributed by atoms with Crippen LogP contribution in [0.2, 0.25) is 0 Å². The minimum Gasteiger partial charge on any atom is -1.00 e. The summed E-state index contributed by atoms with van der Waals surface area (Å²) in [6.07, 6.45) is 0. The summed E-state index contributed by atoms with van der Waals surface area (Å²) in [6.45, 7) is 0. The van der Waals surface area contributed by atoms with Crippen LogP contribution in [-0.2, 0) is 17.1 Å². The van der Waals surface area contributed by atoms with Crippen molar-refractivity contribution in [2.75, 3.05) is 0 Å². The van der Waals surface area contributed by atoms with Crippen molar-refractivity contribution in [3.05, 3.63) is 0 Å². The summed E-state index contributed by atoms with van der Waals surface area (Å²) >= 11 is 0. The van der Waals surface area contributed by atoms with E-state index in [0.717, 1.165) is 0 Å². The maximum absolute atomic E-state index is 0. The molecular formula is F4FeK. The van der Waals surface area contributed by atoms with Gasteiger partial charge in [-0.1, -0.05) is 0 Å². The van der Waals surface area contributed by atoms with Gasteiger partial charge in [-0.15, -0.1) is 0 Å². The van der Waals surface area contributed by atoms with E-state index in [9.17, 15) is 0 Å². The van der Waals surface area contributed by atoms with Crippen molar-refractivity contribution in [1.29, 1.82) is 0 Å². The van der Waals surface area contributed by atoms with Gasteiger partial charge in [-0.3, -0.25) is 0 Å². The molecule has 37 valence electrons. The third kappa shape index (κ3) is 39.7. The minimum atomic E-state index is 0. The topological polar surface area (TPSA) is 0 Å². The molecule has 0 bridgehead atoms. The van der Waals surface area contributed by atoms with E-state index in [2.05, 4.69) is 0 Å². The Kier molecular flexibility index (Phi) is 1190. The quantitative estimate of drug-likeness (QED) is 0.251. The summed E-state index contributed by atoms with van der Waals surface area (Å²) in [5.41, 5.74) is 0. The minimum absolute atomic E-state index is 0. The van der Waals surface area contributed by atoms with Crippen molar-refractivity contribution >= 4 is 0 Å². The first-order valence-corrected chi connectivity index (χ1v) is 0. The molecule has 6 heavy (non-hydrogen) atoms. The Morgan fingerprint density at radius 1 is 0.500 bits per heavy atom. The number of hydrogen-bond acceptors (Lipinski definition) is 0. The van der Waals surface area contributed by atoms with Crippen molar-refractivity contribution in [3.8, 4) is 0 Å². The second kappa shape index (κ2) is 67.5. The van der Waals surface area contributed by atoms with E-state index in [0.29, 0.717) is 0 Å². The zero-order valence-electron chi connectivity index (χ0n) is 2.87. The second-order valence-electron chi connectivity index (χ2n) is 0. The molecule has 0 saturated carbocycles. The van der Waals surface area contributed by atoms with Gasteiger partial charge in [0.2, 0.25) is 0 Å². The standard InChI is InChI=1S/4FH.Fe.K/h4*1H;;/q;;;;+3;+1/p-4. The molecule has 0 saturated heterocycles. The Morgan fingerprint density at radius 3 is 0.500 bits per heavy atom. The van der Waals surface area contributed by atoms with E-state index in [4.69, 9.17) is 0 Å². The van der Waals surface area contributed by atoms with Gasteiger partial charge in [0.15, 0.2) is 0 Å². The monoisotopic (exact) mass is 171 g/mol. The van der Waals surface area contributed by atoms with E-state index in [1.54, 1.807) is 0 Å². The Morgan fingerprint density at radius 2 is 0.500 bits per heavy atom. The van der Waals surface area contributed by atoms with Gasteiger partial charge < -0.3 is 18.8 Å². The van der Waals surface area contributed by atoms with Crippen LogP contribution in [0.1, 0.15) is 0 Å². The van der Waals surface area contributed by atoms with Crippen LogP contribution in [0, 0.1) is 0 Å². The first-order valence-electron chi connectivity index (χ1n) is 0. The molecule has 0 rings (SSSR count). The predicted octanol–water partition coefficient (Wildman–Crippen LogP) is -15.0. The molecule has 0 aromatic rings. The summed E-state index contributed by atoms with van der Waals surface area (Å²) in [4.78, 5) is 0. The van der Waals surface area contributed by atoms with E-state index >= 15 is 0 Å². The average molecular weight is 171 g/mol. The molecule has 0 aromatic carbocycles. The predicted molar refractivity (Wildman–Crippen MR) is 0 cm³/mol. The van der Waals surface area contributed by atoms with Crippen LogP contribution in [0.15, 0.2) is 0 Å². The molecule has 0 heterocycles. The maximum Gasteiger partial charge on any atom is 3.00 e. The molecule has 0 nitrogen and oxygen atoms in total. The SMILES string of the molecule is [F-].[F-].[F-].[F-].[Fe+3].[K+]. The fraction of sp³-hybridized carbons (Fsp3) is 0. The van der Waals surface area contributed by atoms with Crippen molar-refractivity contribution in [2.45, 2.75) is 0 Å². The number of halogens is 4. The van der Waals surface area contributed by atoms with Crippen LogP contribution in [0.3, 0.4) is 0 Å². The maximum atomic E-state index is 0. The molecule has 1 radical (unpaired) electrons. The molecule has 6 heteroatoms. The Bertz CT molecular complexity index is 7.51. The van der Waals surface area contributed by atoms with Crippen LogP contribution in [0.4, 0.5) is 0 Å². The van der Waals surface area contributed by atoms with E-state index < -0.39 is 0 Å². The molecular weight excluding hydrogens is 171 g/mol. The van der Waals surface area contributed by atoms with Crippen molar-refractivity contribution in [3.63, 3.8) is 0 Å². The molecule has 0 unspecified atom stereocenters. The van der Waals surface area contributed by atoms with E-state index in [-0.39, 0.29) is 87.3 Å². The Balaban J connectivity index is 0. The molecule has 0 aliphatic rings. The van der Waals surface area contributed by atoms with E-state index in [1.165, 1.54) is 0 Å². The van der Waals surface area contributed by atoms with Gasteiger partial charge >= 0.3 is 68.5 Å². The molecule has 0 aliphatic heterocycles. The van der Waals surface area contributed by atoms with Crippen LogP contribution >= 0.6 is 0 Å². The summed E-state index contributed by atoms with van der Waals surface area (Å²) in [6, 6.07) is 0. The Hall–Kier alpha value is 1.88. The van der Waals surface area contributed by atoms with Gasteiger partial charge in [0.25, 0.3) is 0 Å². The fourth-order valence-electron chi connectivity index (χ4n) is 0. The van der Waals surface area contributed by atoms with Gasteiger partial charge in [-0.05, 0) is 0 Å². The van der Waals surface area contributed by atoms with Crippen molar-refractivity contribution < 1.29 is 87.3 Å². The third-order valence-corrected chi connectivity index (χ3v) is 0. The first kappa shape index (κ1) is 106. The number of rotatable bonds is 0. The van der Waals surface area contributed by atoms with Gasteiger partial charge in [0, 0.05) is 0 Å². The molecule has 0 amide bonds. The number of hydrogen-bond donors (Lipinski definition) is 0. The van der Waals surface area contributed by atoms with Crippen molar-refractivity contribution in [2.24, 2.45) is 0 Å². The third-order valence-electron chi connectivity index (χ3n) is 0. The largest absolute Gasteiger partial charge is 3.00 e. The summed E-state index contributed by atoms with van der Waals surface area (Å²) < 4.78 is 0. The van der Waals surface area contributed by atoms with Crippen LogP contribution in [-0.4, -0.2) is 0 Å². The first-order chi connectivity index (χ1) is 0. The smallest absolute Gasteiger partial charge is 1.00 e. The molecule has 0 aliphatic carbocycles. The van der Waals surface area contributed by atoms with Crippen LogP contribution in [0.5, 0.6) is 0 Å². The van der Waals surface area contributed by atoms with Gasteiger partial charge in [0.1, 0.15) is 0 Å². The van der Waals surface area contributed by atoms with Crippen LogP contribution in [0.25, 0.3) is 0 Å². The summed E-state index contributed by atoms with van der Waals surface area (Å²) in [5.74, 6) is 0. The molecule has 0 fully saturated rings. The molecule has 0 atom stereocenters. The molecule has 0 N–H and O–H groups in total. The van der Waals surface area contributed by atoms with Gasteiger partial charge in [0.05, 0.1) is 0 Å². The van der Waals surface area contributed by atoms with Crippen molar-refractivity contribution in [1.82, 2.24) is 0 Å². The molecule has 0 aromatic heterocycles. The van der Waals surface area contributed by atoms with Crippen LogP contribution < -0.4 is 70.2 Å². The zero-order valence-corrected chi connectivity index (χ0v) is 7.09. The fourth-order valence-corrected chi connectivity index (χ4v) is 0. The average Bonchev–Trinajstić information content (AvgIpc) is 0. The Labute approximate surface area is 85.8 Å². The van der Waals surface area contributed by atoms with E-state index in [1.807, 2.05) is 0 Å². The zero-order chi connectivity index (χ0) is 0. The second-order valence-corrected chi connectivity index (χ2v) is 0.